The lowest BCUT2D eigenvalue weighted by molar-refractivity contribution is -0.137. The fraction of sp³-hybridized carbons (Fsp3) is 0.115. The van der Waals surface area contributed by atoms with Gasteiger partial charge in [0, 0.05) is 36.8 Å². The van der Waals surface area contributed by atoms with E-state index >= 15 is 0 Å². The molecule has 0 amide bonds. The van der Waals surface area contributed by atoms with Crippen molar-refractivity contribution in [3.05, 3.63) is 252 Å². The van der Waals surface area contributed by atoms with E-state index in [2.05, 4.69) is 40.3 Å². The third-order valence-electron chi connectivity index (χ3n) is 11.4. The van der Waals surface area contributed by atoms with Crippen LogP contribution in [0.25, 0.3) is 0 Å². The van der Waals surface area contributed by atoms with Gasteiger partial charge in [0.15, 0.2) is 23.0 Å². The zero-order chi connectivity index (χ0) is 57.8. The summed E-state index contributed by atoms with van der Waals surface area (Å²) in [5.74, 6) is 1.82. The molecule has 9 aromatic carbocycles. The summed E-state index contributed by atoms with van der Waals surface area (Å²) in [6, 6.07) is 53.0. The summed E-state index contributed by atoms with van der Waals surface area (Å²) < 4.78 is 62.2. The average Bonchev–Trinajstić information content (AvgIpc) is 3.44. The molecule has 19 heteroatoms. The van der Waals surface area contributed by atoms with Crippen molar-refractivity contribution in [3.8, 4) is 40.2 Å². The second kappa shape index (κ2) is 29.9. The van der Waals surface area contributed by atoms with E-state index in [9.17, 15) is 38.0 Å². The van der Waals surface area contributed by atoms with E-state index in [1.807, 2.05) is 60.7 Å². The average molecular weight is 1190 g/mol. The maximum atomic E-state index is 13.5. The first-order chi connectivity index (χ1) is 38.3. The number of para-hydroxylation sites is 4. The molecule has 0 aliphatic heterocycles. The predicted octanol–water partition coefficient (Wildman–Crippen LogP) is 18.6. The number of ether oxygens (including phenoxy) is 2. The molecule has 0 saturated heterocycles. The Labute approximate surface area is 485 Å². The third-order valence-corrected chi connectivity index (χ3v) is 13.0. The number of halogens is 9. The lowest BCUT2D eigenvalue weighted by Gasteiger charge is -2.11. The molecular weight excluding hydrogens is 1140 g/mol. The number of phenolic OH excluding ortho intramolecular Hbond substituents is 4. The van der Waals surface area contributed by atoms with Crippen LogP contribution in [0.15, 0.2) is 188 Å². The molecule has 0 aliphatic rings. The fourth-order valence-corrected chi connectivity index (χ4v) is 8.22. The van der Waals surface area contributed by atoms with Gasteiger partial charge in [-0.15, -0.1) is 0 Å². The minimum Gasteiger partial charge on any atom is -0.504 e. The highest BCUT2D eigenvalue weighted by molar-refractivity contribution is 6.33. The van der Waals surface area contributed by atoms with Crippen LogP contribution in [-0.4, -0.2) is 27.5 Å². The molecule has 9 aromatic rings. The first kappa shape index (κ1) is 61.4. The van der Waals surface area contributed by atoms with Crippen LogP contribution in [0.5, 0.6) is 40.2 Å². The van der Waals surface area contributed by atoms with E-state index < -0.39 is 17.6 Å². The van der Waals surface area contributed by atoms with Gasteiger partial charge < -0.3 is 51.2 Å². The summed E-state index contributed by atoms with van der Waals surface area (Å²) in [4.78, 5) is 0. The second-order valence-electron chi connectivity index (χ2n) is 17.3. The maximum Gasteiger partial charge on any atom is 0.416 e. The van der Waals surface area contributed by atoms with Gasteiger partial charge in [0.25, 0.3) is 0 Å². The van der Waals surface area contributed by atoms with Crippen molar-refractivity contribution in [2.45, 2.75) is 39.3 Å². The van der Waals surface area contributed by atoms with Gasteiger partial charge in [-0.2, -0.15) is 13.2 Å². The molecule has 0 unspecified atom stereocenters. The Balaban J connectivity index is 0.000000174. The van der Waals surface area contributed by atoms with Crippen molar-refractivity contribution in [1.82, 2.24) is 0 Å². The Kier molecular flexibility index (Phi) is 23.0. The minimum atomic E-state index is -4.37. The van der Waals surface area contributed by atoms with Crippen molar-refractivity contribution in [1.29, 1.82) is 0 Å². The molecule has 80 heavy (non-hydrogen) atoms. The van der Waals surface area contributed by atoms with Crippen LogP contribution in [0.1, 0.15) is 33.4 Å². The Morgan fingerprint density at radius 2 is 0.787 bits per heavy atom. The predicted molar refractivity (Wildman–Crippen MR) is 315 cm³/mol. The standard InChI is InChI=1S/C20H18ClNO3.C14H11ClF3NO.C14H14ClNO.C13H10Cl2FNO/c1-24-15-8-10-16(11-9-15)25-17-5-2-4-14(12-17)13-22-19-7-3-6-18(21)20(19)23;15-11-5-2-6-12(13(11)20)19-8-9-3-1-4-10(7-9)14(16,17)18;1-10-4-2-5-11(8-10)9-16-13-7-3-6-12(15)14(13)17;14-9-3-1-5-11(16)8(9)7-17-12-6-2-4-10(15)13(12)18/h2-12,22-23H,13H2,1H3;1-7,19-20H,8H2;2-8,16-17H,9H2,1H3;1-6,17-18H,7H2. The number of aromatic hydroxyl groups is 4. The number of benzene rings is 9. The van der Waals surface area contributed by atoms with Gasteiger partial charge in [0.1, 0.15) is 23.1 Å². The highest BCUT2D eigenvalue weighted by Crippen LogP contribution is 2.36. The van der Waals surface area contributed by atoms with Crippen molar-refractivity contribution in [2.24, 2.45) is 0 Å². The molecule has 10 nitrogen and oxygen atoms in total. The molecule has 0 aromatic heterocycles. The largest absolute Gasteiger partial charge is 0.504 e. The van der Waals surface area contributed by atoms with Gasteiger partial charge in [0.05, 0.1) is 55.5 Å². The van der Waals surface area contributed by atoms with Crippen molar-refractivity contribution < 1.29 is 47.5 Å². The maximum absolute atomic E-state index is 13.5. The fourth-order valence-electron chi connectivity index (χ4n) is 7.29. The quantitative estimate of drug-likeness (QED) is 0.0369. The van der Waals surface area contributed by atoms with E-state index in [0.29, 0.717) is 62.0 Å². The zero-order valence-electron chi connectivity index (χ0n) is 42.7. The first-order valence-electron chi connectivity index (χ1n) is 24.2. The normalized spacial score (nSPS) is 10.6. The number of rotatable bonds is 15. The highest BCUT2D eigenvalue weighted by Gasteiger charge is 2.30. The molecule has 0 fully saturated rings. The second-order valence-corrected chi connectivity index (χ2v) is 19.3. The Hall–Kier alpha value is -7.85. The minimum absolute atomic E-state index is 0.0507. The molecule has 416 valence electrons. The van der Waals surface area contributed by atoms with Gasteiger partial charge in [-0.05, 0) is 133 Å². The smallest absolute Gasteiger partial charge is 0.416 e. The highest BCUT2D eigenvalue weighted by atomic mass is 35.5. The summed E-state index contributed by atoms with van der Waals surface area (Å²) >= 11 is 29.2. The molecule has 0 heterocycles. The van der Waals surface area contributed by atoms with E-state index in [4.69, 9.17) is 67.5 Å². The number of aryl methyl sites for hydroxylation is 1. The number of alkyl halides is 3. The van der Waals surface area contributed by atoms with Crippen LogP contribution >= 0.6 is 58.0 Å². The molecule has 0 saturated carbocycles. The molecule has 8 N–H and O–H groups in total. The number of phenols is 4. The number of hydrogen-bond donors (Lipinski definition) is 8. The first-order valence-corrected chi connectivity index (χ1v) is 26.1. The van der Waals surface area contributed by atoms with Gasteiger partial charge >= 0.3 is 6.18 Å². The van der Waals surface area contributed by atoms with E-state index in [1.54, 1.807) is 86.0 Å². The summed E-state index contributed by atoms with van der Waals surface area (Å²) in [6.07, 6.45) is -4.37. The van der Waals surface area contributed by atoms with Crippen LogP contribution in [0.4, 0.5) is 40.3 Å². The summed E-state index contributed by atoms with van der Waals surface area (Å²) in [6.45, 7) is 3.57. The number of anilines is 4. The van der Waals surface area contributed by atoms with Crippen LogP contribution in [0, 0.1) is 12.7 Å². The van der Waals surface area contributed by atoms with Gasteiger partial charge in [-0.25, -0.2) is 4.39 Å². The van der Waals surface area contributed by atoms with E-state index in [-0.39, 0.29) is 46.1 Å². The van der Waals surface area contributed by atoms with Crippen LogP contribution in [-0.2, 0) is 32.4 Å². The van der Waals surface area contributed by atoms with Crippen molar-refractivity contribution in [3.63, 3.8) is 0 Å². The van der Waals surface area contributed by atoms with Gasteiger partial charge in [0.2, 0.25) is 0 Å². The number of methoxy groups -OCH3 is 1. The summed E-state index contributed by atoms with van der Waals surface area (Å²) in [5.41, 5.74) is 5.56. The molecule has 0 radical (unpaired) electrons. The topological polar surface area (TPSA) is 148 Å². The monoisotopic (exact) mass is 1190 g/mol. The zero-order valence-corrected chi connectivity index (χ0v) is 46.5. The molecule has 0 spiro atoms. The van der Waals surface area contributed by atoms with Crippen LogP contribution in [0.3, 0.4) is 0 Å². The van der Waals surface area contributed by atoms with Crippen molar-refractivity contribution >= 4 is 80.8 Å². The van der Waals surface area contributed by atoms with Crippen LogP contribution in [0.2, 0.25) is 25.1 Å². The molecule has 9 rings (SSSR count). The SMILES string of the molecule is COc1ccc(Oc2cccc(CNc3cccc(Cl)c3O)c2)cc1.Cc1cccc(CNc2cccc(Cl)c2O)c1.Oc1c(Cl)cccc1NCc1c(F)cccc1Cl.Oc1c(Cl)cccc1NCc1cccc(C(F)(F)F)c1. The Bertz CT molecular complexity index is 3450. The van der Waals surface area contributed by atoms with E-state index in [1.165, 1.54) is 35.4 Å². The lowest BCUT2D eigenvalue weighted by atomic mass is 10.1. The van der Waals surface area contributed by atoms with E-state index in [0.717, 1.165) is 34.9 Å². The molecular formula is C61H53Cl5F4N4O6. The summed E-state index contributed by atoms with van der Waals surface area (Å²) in [5, 5.41) is 52.6. The van der Waals surface area contributed by atoms with Gasteiger partial charge in [-0.3, -0.25) is 0 Å². The number of nitrogens with one attached hydrogen (secondary N) is 4. The molecule has 0 atom stereocenters. The molecule has 0 bridgehead atoms. The third kappa shape index (κ3) is 18.6. The van der Waals surface area contributed by atoms with Crippen molar-refractivity contribution in [2.75, 3.05) is 28.4 Å². The Morgan fingerprint density at radius 3 is 1.23 bits per heavy atom. The van der Waals surface area contributed by atoms with Crippen LogP contribution < -0.4 is 30.7 Å². The van der Waals surface area contributed by atoms with Gasteiger partial charge in [-0.1, -0.05) is 142 Å². The number of hydrogen-bond acceptors (Lipinski definition) is 10. The molecule has 0 aliphatic carbocycles. The summed E-state index contributed by atoms with van der Waals surface area (Å²) in [7, 11) is 1.63. The Morgan fingerprint density at radius 1 is 0.412 bits per heavy atom. The lowest BCUT2D eigenvalue weighted by Crippen LogP contribution is -2.06.